The Labute approximate surface area is 63.7 Å². The molecule has 0 atom stereocenters. The quantitative estimate of drug-likeness (QED) is 0.398. The summed E-state index contributed by atoms with van der Waals surface area (Å²) in [7, 11) is 2.35. The molecule has 1 saturated heterocycles. The van der Waals surface area contributed by atoms with Crippen LogP contribution in [0, 0.1) is 11.8 Å². The van der Waals surface area contributed by atoms with E-state index in [2.05, 4.69) is 14.0 Å². The van der Waals surface area contributed by atoms with Gasteiger partial charge >= 0.3 is 0 Å². The van der Waals surface area contributed by atoms with Gasteiger partial charge in [0.25, 0.3) is 0 Å². The smallest absolute Gasteiger partial charge is 0.0786 e. The summed E-state index contributed by atoms with van der Waals surface area (Å²) in [5.41, 5.74) is 0. The summed E-state index contributed by atoms with van der Waals surface area (Å²) in [6.07, 6.45) is 2.90. The Morgan fingerprint density at radius 2 is 1.70 bits per heavy atom. The summed E-state index contributed by atoms with van der Waals surface area (Å²) in [4.78, 5) is 0. The zero-order valence-corrected chi connectivity index (χ0v) is 6.93. The Balaban J connectivity index is 0.000000371. The van der Waals surface area contributed by atoms with Gasteiger partial charge in [0.05, 0.1) is 26.7 Å². The van der Waals surface area contributed by atoms with Crippen LogP contribution in [0.5, 0.6) is 0 Å². The molecule has 0 spiro atoms. The molecule has 0 N–H and O–H groups in total. The zero-order chi connectivity index (χ0) is 8.04. The van der Waals surface area contributed by atoms with Crippen molar-refractivity contribution in [2.75, 3.05) is 26.7 Å². The molecule has 2 heteroatoms. The minimum absolute atomic E-state index is 1.32. The second kappa shape index (κ2) is 4.29. The van der Waals surface area contributed by atoms with Gasteiger partial charge < -0.3 is 16.3 Å². The van der Waals surface area contributed by atoms with E-state index in [1.54, 1.807) is 0 Å². The number of nitrogens with zero attached hydrogens (tertiary/aromatic N) is 2. The number of rotatable bonds is 1. The molecular formula is C8H16N2. The first-order valence-electron chi connectivity index (χ1n) is 3.83. The van der Waals surface area contributed by atoms with Crippen LogP contribution in [-0.4, -0.2) is 31.2 Å². The van der Waals surface area contributed by atoms with Crippen LogP contribution in [0.1, 0.15) is 19.8 Å². The maximum Gasteiger partial charge on any atom is 0.0786 e. The number of hydrogen-bond acceptors (Lipinski definition) is 1. The first-order valence-corrected chi connectivity index (χ1v) is 3.83. The van der Waals surface area contributed by atoms with Crippen LogP contribution in [0.25, 0.3) is 0 Å². The molecule has 2 nitrogen and oxygen atoms in total. The van der Waals surface area contributed by atoms with Crippen molar-refractivity contribution >= 4 is 0 Å². The molecule has 58 valence electrons. The van der Waals surface area contributed by atoms with E-state index in [1.807, 2.05) is 0 Å². The molecule has 0 unspecified atom stereocenters. The lowest BCUT2D eigenvalue weighted by molar-refractivity contribution is -0.895. The van der Waals surface area contributed by atoms with Crippen LogP contribution in [0.15, 0.2) is 0 Å². The predicted molar refractivity (Wildman–Crippen MR) is 40.7 cm³/mol. The summed E-state index contributed by atoms with van der Waals surface area (Å²) in [5, 5.41) is 6.25. The Bertz CT molecular complexity index is 101. The van der Waals surface area contributed by atoms with Crippen molar-refractivity contribution in [3.63, 3.8) is 0 Å². The van der Waals surface area contributed by atoms with E-state index in [-0.39, 0.29) is 0 Å². The van der Waals surface area contributed by atoms with Gasteiger partial charge in [0.1, 0.15) is 0 Å². The highest BCUT2D eigenvalue weighted by Crippen LogP contribution is 2.14. The third kappa shape index (κ3) is 2.36. The fourth-order valence-corrected chi connectivity index (χ4v) is 1.42. The molecule has 0 aliphatic carbocycles. The standard InChI is InChI=1S/C7H16N.CN/c1-3-8(2)6-4-5-7-8;1-2/h3-7H2,1-2H3;/q+1;-1. The topological polar surface area (TPSA) is 23.8 Å². The van der Waals surface area contributed by atoms with Gasteiger partial charge in [-0.05, 0) is 6.92 Å². The normalized spacial score (nSPS) is 21.2. The summed E-state index contributed by atoms with van der Waals surface area (Å²) in [6.45, 7) is 11.2. The molecule has 10 heavy (non-hydrogen) atoms. The summed E-state index contributed by atoms with van der Waals surface area (Å²) in [5.74, 6) is 0. The number of likely N-dealkylation sites (tertiary alicyclic amines) is 1. The third-order valence-corrected chi connectivity index (χ3v) is 2.41. The Hall–Kier alpha value is -0.550. The SMILES string of the molecule is CC[N+]1(C)CCCC1.[C-]#N. The Morgan fingerprint density at radius 1 is 1.30 bits per heavy atom. The second-order valence-corrected chi connectivity index (χ2v) is 3.09. The van der Waals surface area contributed by atoms with E-state index in [0.29, 0.717) is 0 Å². The van der Waals surface area contributed by atoms with E-state index in [4.69, 9.17) is 11.8 Å². The third-order valence-electron chi connectivity index (χ3n) is 2.41. The zero-order valence-electron chi connectivity index (χ0n) is 6.93. The van der Waals surface area contributed by atoms with E-state index < -0.39 is 0 Å². The van der Waals surface area contributed by atoms with Crippen LogP contribution in [0.2, 0.25) is 0 Å². The predicted octanol–water partition coefficient (Wildman–Crippen LogP) is 1.34. The lowest BCUT2D eigenvalue weighted by Crippen LogP contribution is -2.40. The fourth-order valence-electron chi connectivity index (χ4n) is 1.42. The monoisotopic (exact) mass is 140 g/mol. The van der Waals surface area contributed by atoms with E-state index in [9.17, 15) is 0 Å². The number of hydrogen-bond donors (Lipinski definition) is 0. The summed E-state index contributed by atoms with van der Waals surface area (Å²) in [6, 6.07) is 0. The molecule has 0 bridgehead atoms. The molecule has 0 aromatic heterocycles. The van der Waals surface area contributed by atoms with E-state index in [0.717, 1.165) is 0 Å². The first-order chi connectivity index (χ1) is 4.77. The molecule has 1 heterocycles. The Kier molecular flexibility index (Phi) is 4.06. The van der Waals surface area contributed by atoms with Crippen molar-refractivity contribution in [1.29, 1.82) is 5.26 Å². The molecule has 1 rings (SSSR count). The van der Waals surface area contributed by atoms with Crippen molar-refractivity contribution in [3.05, 3.63) is 6.57 Å². The summed E-state index contributed by atoms with van der Waals surface area (Å²) < 4.78 is 1.32. The molecule has 0 radical (unpaired) electrons. The second-order valence-electron chi connectivity index (χ2n) is 3.09. The number of quaternary nitrogens is 1. The van der Waals surface area contributed by atoms with Crippen LogP contribution < -0.4 is 0 Å². The maximum atomic E-state index is 6.25. The molecule has 0 saturated carbocycles. The fraction of sp³-hybridized carbons (Fsp3) is 0.875. The van der Waals surface area contributed by atoms with Crippen molar-refractivity contribution in [3.8, 4) is 0 Å². The highest BCUT2D eigenvalue weighted by molar-refractivity contribution is 4.49. The van der Waals surface area contributed by atoms with Crippen molar-refractivity contribution < 1.29 is 4.48 Å². The van der Waals surface area contributed by atoms with Gasteiger partial charge in [-0.3, -0.25) is 0 Å². The van der Waals surface area contributed by atoms with E-state index in [1.165, 1.54) is 37.0 Å². The first kappa shape index (κ1) is 9.45. The highest BCUT2D eigenvalue weighted by atomic mass is 15.3. The highest BCUT2D eigenvalue weighted by Gasteiger charge is 2.23. The average Bonchev–Trinajstić information content (AvgIpc) is 2.42. The molecule has 1 aliphatic heterocycles. The van der Waals surface area contributed by atoms with Gasteiger partial charge in [0.2, 0.25) is 0 Å². The van der Waals surface area contributed by atoms with E-state index >= 15 is 0 Å². The lowest BCUT2D eigenvalue weighted by Gasteiger charge is -2.26. The van der Waals surface area contributed by atoms with Crippen molar-refractivity contribution in [2.24, 2.45) is 0 Å². The van der Waals surface area contributed by atoms with Crippen LogP contribution in [-0.2, 0) is 0 Å². The molecule has 0 aromatic rings. The maximum absolute atomic E-state index is 6.25. The minimum Gasteiger partial charge on any atom is -0.512 e. The molecule has 0 amide bonds. The van der Waals surface area contributed by atoms with Crippen LogP contribution >= 0.6 is 0 Å². The molecule has 1 aliphatic rings. The van der Waals surface area contributed by atoms with Gasteiger partial charge in [-0.15, -0.1) is 0 Å². The van der Waals surface area contributed by atoms with Gasteiger partial charge in [-0.1, -0.05) is 0 Å². The van der Waals surface area contributed by atoms with Crippen molar-refractivity contribution in [1.82, 2.24) is 0 Å². The summed E-state index contributed by atoms with van der Waals surface area (Å²) >= 11 is 0. The lowest BCUT2D eigenvalue weighted by atomic mass is 10.4. The average molecular weight is 140 g/mol. The molecular weight excluding hydrogens is 124 g/mol. The van der Waals surface area contributed by atoms with Crippen molar-refractivity contribution in [2.45, 2.75) is 19.8 Å². The minimum atomic E-state index is 1.32. The largest absolute Gasteiger partial charge is 0.512 e. The molecule has 1 fully saturated rings. The van der Waals surface area contributed by atoms with Gasteiger partial charge in [0.15, 0.2) is 0 Å². The van der Waals surface area contributed by atoms with Gasteiger partial charge in [0, 0.05) is 12.8 Å². The van der Waals surface area contributed by atoms with Gasteiger partial charge in [-0.25, -0.2) is 0 Å². The Morgan fingerprint density at radius 3 is 1.90 bits per heavy atom. The van der Waals surface area contributed by atoms with Gasteiger partial charge in [-0.2, -0.15) is 0 Å². The molecule has 0 aromatic carbocycles. The van der Waals surface area contributed by atoms with Crippen LogP contribution in [0.3, 0.4) is 0 Å². The van der Waals surface area contributed by atoms with Crippen LogP contribution in [0.4, 0.5) is 0 Å².